The van der Waals surface area contributed by atoms with Crippen molar-refractivity contribution in [2.45, 2.75) is 50.1 Å². The van der Waals surface area contributed by atoms with Gasteiger partial charge in [-0.3, -0.25) is 0 Å². The lowest BCUT2D eigenvalue weighted by Crippen LogP contribution is -2.61. The van der Waals surface area contributed by atoms with Gasteiger partial charge in [-0.25, -0.2) is 4.99 Å². The van der Waals surface area contributed by atoms with Gasteiger partial charge in [-0.05, 0) is 78.5 Å². The third-order valence-electron chi connectivity index (χ3n) is 7.50. The highest BCUT2D eigenvalue weighted by molar-refractivity contribution is 5.83. The number of benzene rings is 2. The Morgan fingerprint density at radius 1 is 0.815 bits per heavy atom. The van der Waals surface area contributed by atoms with Crippen LogP contribution in [0.1, 0.15) is 55.7 Å². The summed E-state index contributed by atoms with van der Waals surface area (Å²) >= 11 is 0. The lowest BCUT2D eigenvalue weighted by molar-refractivity contribution is -0.0102. The highest BCUT2D eigenvalue weighted by Crippen LogP contribution is 2.55. The molecule has 2 aromatic rings. The van der Waals surface area contributed by atoms with Gasteiger partial charge in [-0.15, -0.1) is 0 Å². The fourth-order valence-electron chi connectivity index (χ4n) is 6.97. The Kier molecular flexibility index (Phi) is 3.27. The van der Waals surface area contributed by atoms with Gasteiger partial charge in [0.05, 0.1) is 0 Å². The number of nitrogens with one attached hydrogen (secondary N) is 1. The van der Waals surface area contributed by atoms with Gasteiger partial charge in [-0.1, -0.05) is 48.5 Å². The molecule has 4 fully saturated rings. The second kappa shape index (κ2) is 5.60. The Balaban J connectivity index is 1.33. The normalized spacial score (nSPS) is 33.8. The van der Waals surface area contributed by atoms with Crippen LogP contribution in [0.4, 0.5) is 0 Å². The fraction of sp³-hybridized carbons (Fsp3) is 0.458. The molecule has 0 spiro atoms. The second-order valence-corrected chi connectivity index (χ2v) is 9.41. The molecular formula is C24H27N3. The van der Waals surface area contributed by atoms with Gasteiger partial charge in [0.15, 0.2) is 5.96 Å². The first-order chi connectivity index (χ1) is 13.2. The maximum atomic E-state index is 6.53. The van der Waals surface area contributed by atoms with Crippen molar-refractivity contribution in [3.05, 3.63) is 59.7 Å². The van der Waals surface area contributed by atoms with Crippen LogP contribution >= 0.6 is 0 Å². The molecule has 5 aliphatic carbocycles. The number of guanidine groups is 1. The molecule has 3 N–H and O–H groups in total. The molecule has 4 bridgehead atoms. The van der Waals surface area contributed by atoms with E-state index in [-0.39, 0.29) is 11.6 Å². The van der Waals surface area contributed by atoms with E-state index in [9.17, 15) is 0 Å². The molecule has 0 heterocycles. The lowest BCUT2D eigenvalue weighted by atomic mass is 9.53. The third-order valence-corrected chi connectivity index (χ3v) is 7.50. The summed E-state index contributed by atoms with van der Waals surface area (Å²) < 4.78 is 0. The highest BCUT2D eigenvalue weighted by atomic mass is 15.2. The number of rotatable bonds is 2. The van der Waals surface area contributed by atoms with Crippen LogP contribution in [0.3, 0.4) is 0 Å². The van der Waals surface area contributed by atoms with E-state index >= 15 is 0 Å². The minimum absolute atomic E-state index is 0.0128. The monoisotopic (exact) mass is 357 g/mol. The summed E-state index contributed by atoms with van der Waals surface area (Å²) in [7, 11) is 0. The molecule has 0 radical (unpaired) electrons. The van der Waals surface area contributed by atoms with Crippen molar-refractivity contribution in [2.75, 3.05) is 0 Å². The number of hydrogen-bond acceptors (Lipinski definition) is 1. The maximum Gasteiger partial charge on any atom is 0.189 e. The van der Waals surface area contributed by atoms with Crippen LogP contribution in [0, 0.1) is 17.8 Å². The van der Waals surface area contributed by atoms with E-state index < -0.39 is 0 Å². The standard InChI is InChI=1S/C24H27N3/c25-23(27-24-12-15-9-16(13-24)11-17(10-15)14-24)26-22-20-7-3-1-5-18(20)19-6-2-4-8-21(19)22/h1-8,15-17,22H,9-14H2,(H3,25,26,27). The van der Waals surface area contributed by atoms with Gasteiger partial charge in [0.2, 0.25) is 0 Å². The van der Waals surface area contributed by atoms with Gasteiger partial charge in [0.25, 0.3) is 0 Å². The number of aliphatic imine (C=N–C) groups is 1. The zero-order valence-electron chi connectivity index (χ0n) is 15.7. The van der Waals surface area contributed by atoms with Crippen molar-refractivity contribution in [1.29, 1.82) is 0 Å². The Morgan fingerprint density at radius 3 is 1.81 bits per heavy atom. The average Bonchev–Trinajstić information content (AvgIpc) is 2.94. The molecule has 27 heavy (non-hydrogen) atoms. The lowest BCUT2D eigenvalue weighted by Gasteiger charge is -2.57. The Labute approximate surface area is 161 Å². The van der Waals surface area contributed by atoms with Crippen LogP contribution in [0.15, 0.2) is 53.5 Å². The van der Waals surface area contributed by atoms with Gasteiger partial charge in [0.1, 0.15) is 6.04 Å². The first-order valence-electron chi connectivity index (χ1n) is 10.5. The number of nitrogens with zero attached hydrogens (tertiary/aromatic N) is 1. The largest absolute Gasteiger partial charge is 0.370 e. The molecule has 5 aliphatic rings. The molecule has 0 aromatic heterocycles. The SMILES string of the molecule is NC(=NC1c2ccccc2-c2ccccc21)NC12CC3CC(CC(C3)C1)C2. The van der Waals surface area contributed by atoms with Crippen LogP contribution in [0.25, 0.3) is 11.1 Å². The maximum absolute atomic E-state index is 6.53. The molecule has 3 nitrogen and oxygen atoms in total. The quantitative estimate of drug-likeness (QED) is 0.608. The summed E-state index contributed by atoms with van der Waals surface area (Å²) in [5.41, 5.74) is 11.9. The van der Waals surface area contributed by atoms with Crippen LogP contribution < -0.4 is 11.1 Å². The summed E-state index contributed by atoms with van der Waals surface area (Å²) in [5.74, 6) is 3.35. The van der Waals surface area contributed by atoms with Crippen molar-refractivity contribution >= 4 is 5.96 Å². The van der Waals surface area contributed by atoms with Crippen molar-refractivity contribution in [2.24, 2.45) is 28.5 Å². The van der Waals surface area contributed by atoms with E-state index in [0.717, 1.165) is 17.8 Å². The van der Waals surface area contributed by atoms with Gasteiger partial charge >= 0.3 is 0 Å². The van der Waals surface area contributed by atoms with E-state index in [4.69, 9.17) is 10.7 Å². The average molecular weight is 358 g/mol. The topological polar surface area (TPSA) is 50.4 Å². The first kappa shape index (κ1) is 15.7. The molecule has 7 rings (SSSR count). The predicted octanol–water partition coefficient (Wildman–Crippen LogP) is 4.63. The van der Waals surface area contributed by atoms with Gasteiger partial charge in [-0.2, -0.15) is 0 Å². The minimum atomic E-state index is 0.0128. The molecule has 138 valence electrons. The van der Waals surface area contributed by atoms with Gasteiger partial charge < -0.3 is 11.1 Å². The van der Waals surface area contributed by atoms with E-state index in [0.29, 0.717) is 5.96 Å². The molecule has 3 heteroatoms. The Morgan fingerprint density at radius 2 is 1.30 bits per heavy atom. The van der Waals surface area contributed by atoms with Gasteiger partial charge in [0, 0.05) is 5.54 Å². The Bertz CT molecular complexity index is 848. The number of hydrogen-bond donors (Lipinski definition) is 2. The first-order valence-corrected chi connectivity index (χ1v) is 10.5. The number of fused-ring (bicyclic) bond motifs is 3. The molecule has 0 amide bonds. The van der Waals surface area contributed by atoms with E-state index in [1.807, 2.05) is 0 Å². The molecule has 0 aliphatic heterocycles. The smallest absolute Gasteiger partial charge is 0.189 e. The van der Waals surface area contributed by atoms with Crippen molar-refractivity contribution in [3.63, 3.8) is 0 Å². The van der Waals surface area contributed by atoms with E-state index in [1.165, 1.54) is 60.8 Å². The van der Waals surface area contributed by atoms with Crippen molar-refractivity contribution in [1.82, 2.24) is 5.32 Å². The molecular weight excluding hydrogens is 330 g/mol. The molecule has 0 unspecified atom stereocenters. The van der Waals surface area contributed by atoms with Crippen LogP contribution in [0.5, 0.6) is 0 Å². The van der Waals surface area contributed by atoms with Crippen molar-refractivity contribution < 1.29 is 0 Å². The molecule has 2 aromatic carbocycles. The summed E-state index contributed by atoms with van der Waals surface area (Å²) in [4.78, 5) is 5.02. The molecule has 4 saturated carbocycles. The summed E-state index contributed by atoms with van der Waals surface area (Å²) in [6.45, 7) is 0. The third kappa shape index (κ3) is 2.44. The molecule has 0 saturated heterocycles. The van der Waals surface area contributed by atoms with E-state index in [1.54, 1.807) is 0 Å². The minimum Gasteiger partial charge on any atom is -0.370 e. The van der Waals surface area contributed by atoms with Crippen LogP contribution in [-0.2, 0) is 0 Å². The molecule has 0 atom stereocenters. The van der Waals surface area contributed by atoms with Crippen molar-refractivity contribution in [3.8, 4) is 11.1 Å². The van der Waals surface area contributed by atoms with Crippen LogP contribution in [-0.4, -0.2) is 11.5 Å². The van der Waals surface area contributed by atoms with Crippen LogP contribution in [0.2, 0.25) is 0 Å². The second-order valence-electron chi connectivity index (χ2n) is 9.41. The summed E-state index contributed by atoms with van der Waals surface area (Å²) in [6.07, 6.45) is 8.19. The fourth-order valence-corrected chi connectivity index (χ4v) is 6.97. The van der Waals surface area contributed by atoms with E-state index in [2.05, 4.69) is 53.8 Å². The summed E-state index contributed by atoms with van der Waals surface area (Å²) in [5, 5.41) is 3.74. The zero-order valence-corrected chi connectivity index (χ0v) is 15.7. The number of nitrogens with two attached hydrogens (primary N) is 1. The summed E-state index contributed by atoms with van der Waals surface area (Å²) in [6, 6.07) is 17.2. The predicted molar refractivity (Wildman–Crippen MR) is 109 cm³/mol. The Hall–Kier alpha value is -2.29. The highest BCUT2D eigenvalue weighted by Gasteiger charge is 2.51. The zero-order chi connectivity index (χ0) is 18.0.